The van der Waals surface area contributed by atoms with E-state index in [-0.39, 0.29) is 5.50 Å². The van der Waals surface area contributed by atoms with Crippen LogP contribution in [0.3, 0.4) is 0 Å². The Morgan fingerprint density at radius 2 is 1.96 bits per heavy atom. The van der Waals surface area contributed by atoms with Crippen molar-refractivity contribution in [3.05, 3.63) is 53.0 Å². The molecule has 2 aromatic rings. The normalized spacial score (nSPS) is 16.7. The highest BCUT2D eigenvalue weighted by Crippen LogP contribution is 2.44. The molecule has 1 unspecified atom stereocenters. The standard InChI is InChI=1S/C20H24ClN5OS/c1-11(17(21)23-4)14-15-16(28-18(14)22)19(26-10-25-15)24-9-12-5-7-13(8-6-12)20(2,3)27/h5-8,10,17,22-23,27H,9H2,1-4H3,(H,24,25,26)/b14-11-,22-18?. The van der Waals surface area contributed by atoms with Crippen LogP contribution in [0.2, 0.25) is 0 Å². The minimum Gasteiger partial charge on any atom is -0.386 e. The van der Waals surface area contributed by atoms with Gasteiger partial charge in [-0.05, 0) is 44.5 Å². The first kappa shape index (κ1) is 20.8. The number of alkyl halides is 1. The van der Waals surface area contributed by atoms with Crippen LogP contribution in [0.1, 0.15) is 37.6 Å². The lowest BCUT2D eigenvalue weighted by molar-refractivity contribution is 0.0786. The maximum absolute atomic E-state index is 10.1. The third-order valence-corrected chi connectivity index (χ3v) is 6.16. The first-order valence-electron chi connectivity index (χ1n) is 8.92. The van der Waals surface area contributed by atoms with Crippen LogP contribution >= 0.6 is 23.4 Å². The molecular formula is C20H24ClN5OS. The van der Waals surface area contributed by atoms with Crippen molar-refractivity contribution in [1.29, 1.82) is 5.41 Å². The van der Waals surface area contributed by atoms with Crippen LogP contribution in [0.5, 0.6) is 0 Å². The number of thioether (sulfide) groups is 1. The molecule has 0 aliphatic carbocycles. The van der Waals surface area contributed by atoms with E-state index in [1.165, 1.54) is 18.1 Å². The Hall–Kier alpha value is -1.93. The quantitative estimate of drug-likeness (QED) is 0.420. The average molecular weight is 418 g/mol. The number of aromatic nitrogens is 2. The van der Waals surface area contributed by atoms with Crippen molar-refractivity contribution < 1.29 is 5.11 Å². The molecule has 0 saturated carbocycles. The maximum atomic E-state index is 10.1. The molecule has 0 amide bonds. The van der Waals surface area contributed by atoms with Crippen LogP contribution < -0.4 is 10.6 Å². The molecule has 0 fully saturated rings. The fourth-order valence-corrected chi connectivity index (χ4v) is 4.11. The van der Waals surface area contributed by atoms with E-state index in [4.69, 9.17) is 17.0 Å². The van der Waals surface area contributed by atoms with Crippen LogP contribution in [0.15, 0.2) is 41.1 Å². The monoisotopic (exact) mass is 417 g/mol. The molecule has 3 rings (SSSR count). The van der Waals surface area contributed by atoms with Gasteiger partial charge >= 0.3 is 0 Å². The number of nitrogens with zero attached hydrogens (tertiary/aromatic N) is 2. The number of likely N-dealkylation sites (N-methyl/N-ethyl adjacent to an activating group) is 1. The van der Waals surface area contributed by atoms with E-state index in [0.29, 0.717) is 17.4 Å². The average Bonchev–Trinajstić information content (AvgIpc) is 3.01. The third-order valence-electron chi connectivity index (χ3n) is 4.62. The molecule has 148 valence electrons. The summed E-state index contributed by atoms with van der Waals surface area (Å²) in [5, 5.41) is 25.2. The number of hydrogen-bond acceptors (Lipinski definition) is 7. The van der Waals surface area contributed by atoms with Crippen LogP contribution in [-0.2, 0) is 12.1 Å². The van der Waals surface area contributed by atoms with E-state index in [1.54, 1.807) is 20.9 Å². The molecular weight excluding hydrogens is 394 g/mol. The second-order valence-corrected chi connectivity index (χ2v) is 8.61. The van der Waals surface area contributed by atoms with Gasteiger partial charge in [-0.3, -0.25) is 5.41 Å². The van der Waals surface area contributed by atoms with Gasteiger partial charge in [-0.2, -0.15) is 0 Å². The summed E-state index contributed by atoms with van der Waals surface area (Å²) < 4.78 is 0. The Labute approximate surface area is 174 Å². The molecule has 1 aromatic carbocycles. The lowest BCUT2D eigenvalue weighted by Gasteiger charge is -2.18. The smallest absolute Gasteiger partial charge is 0.144 e. The van der Waals surface area contributed by atoms with Crippen molar-refractivity contribution in [2.75, 3.05) is 12.4 Å². The molecule has 4 N–H and O–H groups in total. The molecule has 1 aromatic heterocycles. The SMILES string of the molecule is CNC(Cl)/C(C)=C1\C(=N)Sc2c(NCc3ccc(C(C)(C)O)cc3)ncnc21. The van der Waals surface area contributed by atoms with Gasteiger partial charge < -0.3 is 15.7 Å². The minimum absolute atomic E-state index is 0.359. The van der Waals surface area contributed by atoms with Gasteiger partial charge in [0, 0.05) is 12.1 Å². The fourth-order valence-electron chi connectivity index (χ4n) is 2.96. The number of rotatable bonds is 6. The molecule has 0 spiro atoms. The predicted octanol–water partition coefficient (Wildman–Crippen LogP) is 3.96. The molecule has 1 aliphatic heterocycles. The predicted molar refractivity (Wildman–Crippen MR) is 116 cm³/mol. The van der Waals surface area contributed by atoms with Gasteiger partial charge in [-0.25, -0.2) is 9.97 Å². The molecule has 0 radical (unpaired) electrons. The fraction of sp³-hybridized carbons (Fsp3) is 0.350. The number of nitrogens with one attached hydrogen (secondary N) is 3. The zero-order valence-electron chi connectivity index (χ0n) is 16.3. The molecule has 1 atom stereocenters. The highest BCUT2D eigenvalue weighted by Gasteiger charge is 2.30. The van der Waals surface area contributed by atoms with E-state index in [9.17, 15) is 5.11 Å². The maximum Gasteiger partial charge on any atom is 0.144 e. The molecule has 0 bridgehead atoms. The summed E-state index contributed by atoms with van der Waals surface area (Å²) in [6.45, 7) is 6.02. The lowest BCUT2D eigenvalue weighted by atomic mass is 9.97. The van der Waals surface area contributed by atoms with E-state index in [2.05, 4.69) is 20.6 Å². The molecule has 6 nitrogen and oxygen atoms in total. The molecule has 1 aliphatic rings. The van der Waals surface area contributed by atoms with Crippen molar-refractivity contribution in [1.82, 2.24) is 15.3 Å². The van der Waals surface area contributed by atoms with Gasteiger partial charge in [-0.1, -0.05) is 36.0 Å². The van der Waals surface area contributed by atoms with Gasteiger partial charge in [0.05, 0.1) is 16.2 Å². The number of fused-ring (bicyclic) bond motifs is 1. The zero-order valence-corrected chi connectivity index (χ0v) is 17.9. The molecule has 0 saturated heterocycles. The van der Waals surface area contributed by atoms with Crippen LogP contribution in [0, 0.1) is 5.41 Å². The van der Waals surface area contributed by atoms with E-state index < -0.39 is 5.60 Å². The first-order chi connectivity index (χ1) is 13.2. The Morgan fingerprint density at radius 3 is 2.57 bits per heavy atom. The van der Waals surface area contributed by atoms with Gasteiger partial charge in [0.2, 0.25) is 0 Å². The van der Waals surface area contributed by atoms with E-state index in [0.717, 1.165) is 32.9 Å². The third kappa shape index (κ3) is 4.22. The summed E-state index contributed by atoms with van der Waals surface area (Å²) in [6.07, 6.45) is 1.51. The van der Waals surface area contributed by atoms with Gasteiger partial charge in [0.15, 0.2) is 0 Å². The Kier molecular flexibility index (Phi) is 6.09. The molecule has 2 heterocycles. The van der Waals surface area contributed by atoms with Crippen molar-refractivity contribution in [2.24, 2.45) is 0 Å². The van der Waals surface area contributed by atoms with Crippen LogP contribution in [0.25, 0.3) is 5.57 Å². The summed E-state index contributed by atoms with van der Waals surface area (Å²) in [5.74, 6) is 0.699. The number of halogens is 1. The van der Waals surface area contributed by atoms with Crippen LogP contribution in [0.4, 0.5) is 5.82 Å². The van der Waals surface area contributed by atoms with E-state index >= 15 is 0 Å². The summed E-state index contributed by atoms with van der Waals surface area (Å²) in [4.78, 5) is 9.61. The Bertz CT molecular complexity index is 921. The molecule has 28 heavy (non-hydrogen) atoms. The summed E-state index contributed by atoms with van der Waals surface area (Å²) in [6, 6.07) is 7.82. The lowest BCUT2D eigenvalue weighted by Crippen LogP contribution is -2.21. The van der Waals surface area contributed by atoms with E-state index in [1.807, 2.05) is 31.2 Å². The first-order valence-corrected chi connectivity index (χ1v) is 10.2. The van der Waals surface area contributed by atoms with Crippen molar-refractivity contribution in [3.63, 3.8) is 0 Å². The Balaban J connectivity index is 1.83. The van der Waals surface area contributed by atoms with Crippen molar-refractivity contribution in [2.45, 2.75) is 43.3 Å². The highest BCUT2D eigenvalue weighted by atomic mass is 35.5. The number of aliphatic hydroxyl groups is 1. The largest absolute Gasteiger partial charge is 0.386 e. The van der Waals surface area contributed by atoms with Crippen LogP contribution in [-0.4, -0.2) is 32.7 Å². The second kappa shape index (κ2) is 8.21. The minimum atomic E-state index is -0.856. The van der Waals surface area contributed by atoms with Crippen molar-refractivity contribution in [3.8, 4) is 0 Å². The van der Waals surface area contributed by atoms with Crippen molar-refractivity contribution >= 4 is 39.8 Å². The molecule has 8 heteroatoms. The number of benzene rings is 1. The Morgan fingerprint density at radius 1 is 1.29 bits per heavy atom. The van der Waals surface area contributed by atoms with Gasteiger partial charge in [0.1, 0.15) is 22.7 Å². The summed E-state index contributed by atoms with van der Waals surface area (Å²) >= 11 is 7.64. The van der Waals surface area contributed by atoms with Gasteiger partial charge in [0.25, 0.3) is 0 Å². The van der Waals surface area contributed by atoms with Gasteiger partial charge in [-0.15, -0.1) is 11.6 Å². The topological polar surface area (TPSA) is 93.9 Å². The number of hydrogen-bond donors (Lipinski definition) is 4. The highest BCUT2D eigenvalue weighted by molar-refractivity contribution is 8.15. The summed E-state index contributed by atoms with van der Waals surface area (Å²) in [5.41, 5.74) is 3.09. The summed E-state index contributed by atoms with van der Waals surface area (Å²) in [7, 11) is 1.78. The number of anilines is 1. The zero-order chi connectivity index (χ0) is 20.5. The second-order valence-electron chi connectivity index (χ2n) is 7.15.